The lowest BCUT2D eigenvalue weighted by Gasteiger charge is -2.09. The second kappa shape index (κ2) is 9.50. The van der Waals surface area contributed by atoms with Crippen LogP contribution in [0.2, 0.25) is 0 Å². The van der Waals surface area contributed by atoms with Crippen molar-refractivity contribution < 1.29 is 23.8 Å². The van der Waals surface area contributed by atoms with E-state index in [2.05, 4.69) is 5.16 Å². The molecule has 0 aliphatic heterocycles. The number of rotatable bonds is 8. The van der Waals surface area contributed by atoms with Crippen LogP contribution >= 0.6 is 0 Å². The van der Waals surface area contributed by atoms with Crippen LogP contribution < -0.4 is 14.2 Å². The highest BCUT2D eigenvalue weighted by molar-refractivity contribution is 5.72. The molecule has 2 aromatic carbocycles. The van der Waals surface area contributed by atoms with Crippen molar-refractivity contribution in [3.8, 4) is 23.0 Å². The summed E-state index contributed by atoms with van der Waals surface area (Å²) >= 11 is 0. The van der Waals surface area contributed by atoms with Crippen LogP contribution in [0.15, 0.2) is 47.0 Å². The van der Waals surface area contributed by atoms with Gasteiger partial charge in [0.25, 0.3) is 0 Å². The molecule has 1 aromatic heterocycles. The fraction of sp³-hybridized carbons (Fsp3) is 0.174. The Hall–Kier alpha value is -3.67. The van der Waals surface area contributed by atoms with Gasteiger partial charge in [-0.2, -0.15) is 0 Å². The number of benzene rings is 2. The molecule has 1 heterocycles. The maximum absolute atomic E-state index is 9.65. The quantitative estimate of drug-likeness (QED) is 0.571. The van der Waals surface area contributed by atoms with Gasteiger partial charge in [0.05, 0.1) is 20.8 Å². The Morgan fingerprint density at radius 2 is 1.55 bits per heavy atom. The standard InChI is InChI=1S/C23H23NO5/c1-4-28-21-12-8-17(14-23(21)27-3)6-10-19-15-18(24-29-19)9-5-16-7-11-20(25)22(13-16)26-2/h5-15,25H,4H2,1-3H3/b9-5+,10-6+. The summed E-state index contributed by atoms with van der Waals surface area (Å²) in [6, 6.07) is 12.7. The number of nitrogens with zero attached hydrogens (tertiary/aromatic N) is 1. The van der Waals surface area contributed by atoms with E-state index in [1.165, 1.54) is 7.11 Å². The zero-order chi connectivity index (χ0) is 20.6. The van der Waals surface area contributed by atoms with E-state index in [0.717, 1.165) is 11.1 Å². The number of phenolic OH excluding ortho intramolecular Hbond substituents is 1. The molecule has 6 nitrogen and oxygen atoms in total. The highest BCUT2D eigenvalue weighted by atomic mass is 16.5. The summed E-state index contributed by atoms with van der Waals surface area (Å²) in [5.41, 5.74) is 2.51. The average molecular weight is 393 g/mol. The van der Waals surface area contributed by atoms with E-state index < -0.39 is 0 Å². The van der Waals surface area contributed by atoms with Crippen LogP contribution in [-0.4, -0.2) is 31.1 Å². The summed E-state index contributed by atoms with van der Waals surface area (Å²) in [4.78, 5) is 0. The summed E-state index contributed by atoms with van der Waals surface area (Å²) in [6.07, 6.45) is 7.44. The molecule has 1 N–H and O–H groups in total. The zero-order valence-corrected chi connectivity index (χ0v) is 16.6. The van der Waals surface area contributed by atoms with Gasteiger partial charge in [0.15, 0.2) is 28.8 Å². The fourth-order valence-electron chi connectivity index (χ4n) is 2.68. The van der Waals surface area contributed by atoms with Crippen molar-refractivity contribution in [3.63, 3.8) is 0 Å². The smallest absolute Gasteiger partial charge is 0.161 e. The van der Waals surface area contributed by atoms with Crippen LogP contribution in [-0.2, 0) is 0 Å². The van der Waals surface area contributed by atoms with Crippen molar-refractivity contribution in [3.05, 3.63) is 65.0 Å². The molecule has 0 saturated heterocycles. The first-order chi connectivity index (χ1) is 14.1. The van der Waals surface area contributed by atoms with Gasteiger partial charge in [-0.25, -0.2) is 0 Å². The number of hydrogen-bond donors (Lipinski definition) is 1. The number of aromatic nitrogens is 1. The van der Waals surface area contributed by atoms with Gasteiger partial charge in [0, 0.05) is 6.07 Å². The molecule has 0 fully saturated rings. The number of phenols is 1. The summed E-state index contributed by atoms with van der Waals surface area (Å²) in [7, 11) is 3.13. The van der Waals surface area contributed by atoms with Gasteiger partial charge in [-0.05, 0) is 54.5 Å². The molecule has 0 atom stereocenters. The number of methoxy groups -OCH3 is 2. The monoisotopic (exact) mass is 393 g/mol. The first-order valence-corrected chi connectivity index (χ1v) is 9.13. The SMILES string of the molecule is CCOc1ccc(/C=C/c2cc(/C=C/c3ccc(O)c(OC)c3)no2)cc1OC. The zero-order valence-electron chi connectivity index (χ0n) is 16.6. The molecule has 0 aliphatic rings. The molecule has 0 bridgehead atoms. The van der Waals surface area contributed by atoms with Gasteiger partial charge in [0.2, 0.25) is 0 Å². The van der Waals surface area contributed by atoms with E-state index in [1.54, 1.807) is 25.3 Å². The first kappa shape index (κ1) is 20.1. The van der Waals surface area contributed by atoms with E-state index in [-0.39, 0.29) is 5.75 Å². The highest BCUT2D eigenvalue weighted by Gasteiger charge is 2.05. The Balaban J connectivity index is 1.70. The Morgan fingerprint density at radius 1 is 0.862 bits per heavy atom. The minimum Gasteiger partial charge on any atom is -0.504 e. The summed E-state index contributed by atoms with van der Waals surface area (Å²) < 4.78 is 21.3. The highest BCUT2D eigenvalue weighted by Crippen LogP contribution is 2.29. The number of aromatic hydroxyl groups is 1. The van der Waals surface area contributed by atoms with E-state index in [1.807, 2.05) is 55.5 Å². The fourth-order valence-corrected chi connectivity index (χ4v) is 2.68. The van der Waals surface area contributed by atoms with Crippen LogP contribution in [0.1, 0.15) is 29.5 Å². The summed E-state index contributed by atoms with van der Waals surface area (Å²) in [6.45, 7) is 2.51. The molecule has 3 rings (SSSR count). The van der Waals surface area contributed by atoms with Gasteiger partial charge in [-0.1, -0.05) is 29.4 Å². The van der Waals surface area contributed by atoms with Gasteiger partial charge in [0.1, 0.15) is 5.69 Å². The third-order valence-corrected chi connectivity index (χ3v) is 4.12. The Bertz CT molecular complexity index is 1020. The van der Waals surface area contributed by atoms with Crippen LogP contribution in [0.3, 0.4) is 0 Å². The maximum Gasteiger partial charge on any atom is 0.161 e. The molecule has 6 heteroatoms. The molecule has 150 valence electrons. The number of hydrogen-bond acceptors (Lipinski definition) is 6. The Morgan fingerprint density at radius 3 is 2.28 bits per heavy atom. The molecular weight excluding hydrogens is 370 g/mol. The lowest BCUT2D eigenvalue weighted by molar-refractivity contribution is 0.311. The average Bonchev–Trinajstić information content (AvgIpc) is 3.20. The van der Waals surface area contributed by atoms with Crippen LogP contribution in [0, 0.1) is 0 Å². The Kier molecular flexibility index (Phi) is 6.58. The van der Waals surface area contributed by atoms with Crippen molar-refractivity contribution in [2.24, 2.45) is 0 Å². The van der Waals surface area contributed by atoms with Crippen molar-refractivity contribution in [1.82, 2.24) is 5.16 Å². The molecule has 0 amide bonds. The summed E-state index contributed by atoms with van der Waals surface area (Å²) in [5, 5.41) is 13.7. The van der Waals surface area contributed by atoms with E-state index in [4.69, 9.17) is 18.7 Å². The van der Waals surface area contributed by atoms with Crippen LogP contribution in [0.25, 0.3) is 24.3 Å². The normalized spacial score (nSPS) is 11.3. The minimum atomic E-state index is 0.101. The van der Waals surface area contributed by atoms with E-state index in [0.29, 0.717) is 35.3 Å². The van der Waals surface area contributed by atoms with Gasteiger partial charge >= 0.3 is 0 Å². The predicted molar refractivity (Wildman–Crippen MR) is 113 cm³/mol. The third-order valence-electron chi connectivity index (χ3n) is 4.12. The van der Waals surface area contributed by atoms with Crippen molar-refractivity contribution >= 4 is 24.3 Å². The molecule has 0 radical (unpaired) electrons. The molecule has 0 saturated carbocycles. The molecule has 0 aliphatic carbocycles. The lowest BCUT2D eigenvalue weighted by Crippen LogP contribution is -1.95. The predicted octanol–water partition coefficient (Wildman–Crippen LogP) is 5.14. The molecule has 29 heavy (non-hydrogen) atoms. The lowest BCUT2D eigenvalue weighted by atomic mass is 10.1. The molecular formula is C23H23NO5. The third kappa shape index (κ3) is 5.19. The number of ether oxygens (including phenoxy) is 3. The molecule has 3 aromatic rings. The maximum atomic E-state index is 9.65. The van der Waals surface area contributed by atoms with Crippen molar-refractivity contribution in [2.45, 2.75) is 6.92 Å². The minimum absolute atomic E-state index is 0.101. The van der Waals surface area contributed by atoms with Crippen LogP contribution in [0.5, 0.6) is 23.0 Å². The topological polar surface area (TPSA) is 74.0 Å². The Labute approximate surface area is 169 Å². The van der Waals surface area contributed by atoms with Crippen LogP contribution in [0.4, 0.5) is 0 Å². The van der Waals surface area contributed by atoms with Crippen molar-refractivity contribution in [2.75, 3.05) is 20.8 Å². The van der Waals surface area contributed by atoms with Gasteiger partial charge in [-0.15, -0.1) is 0 Å². The van der Waals surface area contributed by atoms with E-state index >= 15 is 0 Å². The van der Waals surface area contributed by atoms with E-state index in [9.17, 15) is 5.11 Å². The summed E-state index contributed by atoms with van der Waals surface area (Å²) in [5.74, 6) is 2.54. The second-order valence-electron chi connectivity index (χ2n) is 6.10. The van der Waals surface area contributed by atoms with Gasteiger partial charge in [-0.3, -0.25) is 0 Å². The second-order valence-corrected chi connectivity index (χ2v) is 6.10. The first-order valence-electron chi connectivity index (χ1n) is 9.13. The van der Waals surface area contributed by atoms with Gasteiger partial charge < -0.3 is 23.8 Å². The molecule has 0 unspecified atom stereocenters. The van der Waals surface area contributed by atoms with Crippen molar-refractivity contribution in [1.29, 1.82) is 0 Å². The largest absolute Gasteiger partial charge is 0.504 e. The molecule has 0 spiro atoms.